The molecular weight excluding hydrogens is 272 g/mol. The first kappa shape index (κ1) is 13.5. The number of aromatic amines is 2. The summed E-state index contributed by atoms with van der Waals surface area (Å²) in [6.45, 7) is -0.727. The van der Waals surface area contributed by atoms with Crippen molar-refractivity contribution < 1.29 is 19.5 Å². The maximum absolute atomic E-state index is 12.1. The van der Waals surface area contributed by atoms with E-state index in [1.54, 1.807) is 0 Å². The van der Waals surface area contributed by atoms with Gasteiger partial charge < -0.3 is 20.3 Å². The summed E-state index contributed by atoms with van der Waals surface area (Å²) in [5, 5.41) is 11.3. The van der Waals surface area contributed by atoms with Gasteiger partial charge in [-0.05, 0) is 0 Å². The number of amides is 2. The fourth-order valence-corrected chi connectivity index (χ4v) is 1.80. The van der Waals surface area contributed by atoms with Crippen molar-refractivity contribution in [2.24, 2.45) is 0 Å². The molecule has 0 saturated carbocycles. The zero-order valence-corrected chi connectivity index (χ0v) is 10.0. The van der Waals surface area contributed by atoms with Crippen LogP contribution >= 0.6 is 0 Å². The van der Waals surface area contributed by atoms with Crippen molar-refractivity contribution in [3.05, 3.63) is 32.6 Å². The van der Waals surface area contributed by atoms with E-state index in [0.29, 0.717) is 0 Å². The number of carbonyl (C=O) groups excluding carboxylic acids is 2. The third-order valence-corrected chi connectivity index (χ3v) is 2.78. The van der Waals surface area contributed by atoms with E-state index in [1.807, 2.05) is 4.98 Å². The zero-order valence-electron chi connectivity index (χ0n) is 10.0. The van der Waals surface area contributed by atoms with Gasteiger partial charge in [-0.3, -0.25) is 19.4 Å². The van der Waals surface area contributed by atoms with Gasteiger partial charge in [0.1, 0.15) is 18.2 Å². The lowest BCUT2D eigenvalue weighted by Gasteiger charge is -2.32. The van der Waals surface area contributed by atoms with Gasteiger partial charge in [-0.2, -0.15) is 0 Å². The number of H-pyrrole nitrogens is 2. The first-order chi connectivity index (χ1) is 9.40. The van der Waals surface area contributed by atoms with E-state index in [2.05, 4.69) is 10.3 Å². The molecule has 0 aliphatic carbocycles. The molecule has 2 amide bonds. The van der Waals surface area contributed by atoms with E-state index >= 15 is 0 Å². The van der Waals surface area contributed by atoms with Crippen LogP contribution in [-0.2, 0) is 9.59 Å². The van der Waals surface area contributed by atoms with Crippen molar-refractivity contribution in [3.8, 4) is 0 Å². The minimum absolute atomic E-state index is 0.249. The molecule has 1 aliphatic rings. The Balaban J connectivity index is 2.38. The van der Waals surface area contributed by atoms with Gasteiger partial charge in [-0.1, -0.05) is 0 Å². The number of carboxylic acid groups (broad SMARTS) is 1. The monoisotopic (exact) mass is 282 g/mol. The van der Waals surface area contributed by atoms with Crippen LogP contribution in [0.5, 0.6) is 0 Å². The Morgan fingerprint density at radius 3 is 2.60 bits per heavy atom. The van der Waals surface area contributed by atoms with E-state index in [9.17, 15) is 24.0 Å². The van der Waals surface area contributed by atoms with E-state index in [-0.39, 0.29) is 6.54 Å². The highest BCUT2D eigenvalue weighted by Crippen LogP contribution is 2.08. The van der Waals surface area contributed by atoms with Crippen molar-refractivity contribution in [2.45, 2.75) is 6.04 Å². The average molecular weight is 282 g/mol. The Hall–Kier alpha value is -2.91. The number of hydrogen-bond donors (Lipinski definition) is 4. The van der Waals surface area contributed by atoms with Crippen molar-refractivity contribution in [1.29, 1.82) is 0 Å². The molecule has 1 fully saturated rings. The number of hydrogen-bond acceptors (Lipinski definition) is 5. The average Bonchev–Trinajstić information content (AvgIpc) is 2.37. The Kier molecular flexibility index (Phi) is 3.37. The second-order valence-corrected chi connectivity index (χ2v) is 4.08. The number of carbonyl (C=O) groups is 3. The molecule has 2 rings (SSSR count). The Morgan fingerprint density at radius 1 is 1.30 bits per heavy atom. The fraction of sp³-hybridized carbons (Fsp3) is 0.300. The molecule has 20 heavy (non-hydrogen) atoms. The number of nitrogens with one attached hydrogen (secondary N) is 3. The normalized spacial score (nSPS) is 18.5. The summed E-state index contributed by atoms with van der Waals surface area (Å²) in [7, 11) is 0. The van der Waals surface area contributed by atoms with Crippen LogP contribution < -0.4 is 16.6 Å². The Bertz CT molecular complexity index is 689. The predicted molar refractivity (Wildman–Crippen MR) is 63.2 cm³/mol. The summed E-state index contributed by atoms with van der Waals surface area (Å²) >= 11 is 0. The first-order valence-corrected chi connectivity index (χ1v) is 5.52. The summed E-state index contributed by atoms with van der Waals surface area (Å²) in [6, 6.07) is -1.27. The van der Waals surface area contributed by atoms with Crippen LogP contribution in [0, 0.1) is 0 Å². The molecule has 0 aromatic carbocycles. The lowest BCUT2D eigenvalue weighted by atomic mass is 10.1. The van der Waals surface area contributed by atoms with E-state index in [0.717, 1.165) is 11.1 Å². The van der Waals surface area contributed by atoms with Gasteiger partial charge in [0.2, 0.25) is 5.91 Å². The highest BCUT2D eigenvalue weighted by Gasteiger charge is 2.36. The largest absolute Gasteiger partial charge is 0.480 e. The highest BCUT2D eigenvalue weighted by atomic mass is 16.4. The van der Waals surface area contributed by atoms with Crippen LogP contribution in [0.3, 0.4) is 0 Å². The summed E-state index contributed by atoms with van der Waals surface area (Å²) in [4.78, 5) is 61.6. The minimum Gasteiger partial charge on any atom is -0.480 e. The first-order valence-electron chi connectivity index (χ1n) is 5.52. The van der Waals surface area contributed by atoms with E-state index < -0.39 is 47.2 Å². The van der Waals surface area contributed by atoms with Gasteiger partial charge in [0.05, 0.1) is 0 Å². The number of rotatable bonds is 2. The van der Waals surface area contributed by atoms with Gasteiger partial charge in [0.25, 0.3) is 11.5 Å². The smallest absolute Gasteiger partial charge is 0.328 e. The minimum atomic E-state index is -1.31. The summed E-state index contributed by atoms with van der Waals surface area (Å²) in [5.74, 6) is -2.78. The lowest BCUT2D eigenvalue weighted by Crippen LogP contribution is -2.59. The van der Waals surface area contributed by atoms with Crippen LogP contribution in [0.25, 0.3) is 0 Å². The van der Waals surface area contributed by atoms with Gasteiger partial charge in [0, 0.05) is 12.7 Å². The van der Waals surface area contributed by atoms with E-state index in [1.165, 1.54) is 0 Å². The molecule has 2 heterocycles. The third kappa shape index (κ3) is 2.43. The predicted octanol–water partition coefficient (Wildman–Crippen LogP) is -2.91. The molecule has 1 unspecified atom stereocenters. The van der Waals surface area contributed by atoms with Crippen molar-refractivity contribution in [3.63, 3.8) is 0 Å². The number of carboxylic acids is 1. The molecule has 10 nitrogen and oxygen atoms in total. The topological polar surface area (TPSA) is 152 Å². The number of aromatic nitrogens is 2. The third-order valence-electron chi connectivity index (χ3n) is 2.78. The molecule has 0 spiro atoms. The molecule has 4 N–H and O–H groups in total. The number of nitrogens with zero attached hydrogens (tertiary/aromatic N) is 1. The van der Waals surface area contributed by atoms with Gasteiger partial charge in [0.15, 0.2) is 0 Å². The SMILES string of the molecule is O=C1CN(C(=O)c2c[nH]c(=O)[nH]c2=O)C(C(=O)O)CN1. The van der Waals surface area contributed by atoms with Crippen LogP contribution in [0.2, 0.25) is 0 Å². The van der Waals surface area contributed by atoms with Crippen LogP contribution in [-0.4, -0.2) is 56.9 Å². The molecule has 0 bridgehead atoms. The summed E-state index contributed by atoms with van der Waals surface area (Å²) in [6.07, 6.45) is 0.884. The molecule has 1 atom stereocenters. The number of piperazine rings is 1. The van der Waals surface area contributed by atoms with Gasteiger partial charge >= 0.3 is 11.7 Å². The van der Waals surface area contributed by atoms with Crippen LogP contribution in [0.1, 0.15) is 10.4 Å². The molecule has 1 aromatic rings. The highest BCUT2D eigenvalue weighted by molar-refractivity contribution is 5.99. The fourth-order valence-electron chi connectivity index (χ4n) is 1.80. The summed E-state index contributed by atoms with van der Waals surface area (Å²) < 4.78 is 0. The number of aliphatic carboxylic acids is 1. The quantitative estimate of drug-likeness (QED) is 0.456. The summed E-state index contributed by atoms with van der Waals surface area (Å²) in [5.41, 5.74) is -2.18. The molecule has 10 heteroatoms. The van der Waals surface area contributed by atoms with Crippen LogP contribution in [0.15, 0.2) is 15.8 Å². The molecule has 1 aromatic heterocycles. The lowest BCUT2D eigenvalue weighted by molar-refractivity contribution is -0.144. The molecular formula is C10H10N4O6. The maximum Gasteiger partial charge on any atom is 0.328 e. The Morgan fingerprint density at radius 2 is 2.00 bits per heavy atom. The van der Waals surface area contributed by atoms with Crippen LogP contribution in [0.4, 0.5) is 0 Å². The second kappa shape index (κ2) is 4.99. The zero-order chi connectivity index (χ0) is 14.9. The van der Waals surface area contributed by atoms with E-state index in [4.69, 9.17) is 5.11 Å². The molecule has 1 saturated heterocycles. The maximum atomic E-state index is 12.1. The standard InChI is InChI=1S/C10H10N4O6/c15-6-3-14(5(2-11-6)9(18)19)8(17)4-1-12-10(20)13-7(4)16/h1,5H,2-3H2,(H,11,15)(H,18,19)(H2,12,13,16,20). The van der Waals surface area contributed by atoms with Gasteiger partial charge in [-0.25, -0.2) is 9.59 Å². The van der Waals surface area contributed by atoms with Crippen molar-refractivity contribution >= 4 is 17.8 Å². The molecule has 1 aliphatic heterocycles. The Labute approximate surface area is 110 Å². The van der Waals surface area contributed by atoms with Crippen molar-refractivity contribution in [2.75, 3.05) is 13.1 Å². The van der Waals surface area contributed by atoms with Crippen molar-refractivity contribution in [1.82, 2.24) is 20.2 Å². The second-order valence-electron chi connectivity index (χ2n) is 4.08. The molecule has 106 valence electrons. The molecule has 0 radical (unpaired) electrons. The van der Waals surface area contributed by atoms with Gasteiger partial charge in [-0.15, -0.1) is 0 Å².